The zero-order valence-electron chi connectivity index (χ0n) is 18.8. The van der Waals surface area contributed by atoms with E-state index in [1.807, 2.05) is 72.5 Å². The Morgan fingerprint density at radius 2 is 1.59 bits per heavy atom. The van der Waals surface area contributed by atoms with Gasteiger partial charge in [-0.1, -0.05) is 48.0 Å². The standard InChI is InChI=1S/C26H25ClN4O2S/c1-18-11-12-20(21(27)17-18)24(32)29-26(34)28-22-9-5-6-10-23(22)30-13-15-31(16-14-30)25(33)19-7-3-2-4-8-19/h2-12,17H,13-16H2,1H3,(H2,28,29,32,34). The van der Waals surface area contributed by atoms with E-state index < -0.39 is 0 Å². The third-order valence-electron chi connectivity index (χ3n) is 5.68. The lowest BCUT2D eigenvalue weighted by Gasteiger charge is -2.37. The Kier molecular flexibility index (Phi) is 7.45. The van der Waals surface area contributed by atoms with E-state index in [4.69, 9.17) is 23.8 Å². The van der Waals surface area contributed by atoms with E-state index in [1.165, 1.54) is 0 Å². The van der Waals surface area contributed by atoms with E-state index in [0.717, 1.165) is 16.9 Å². The summed E-state index contributed by atoms with van der Waals surface area (Å²) in [6.45, 7) is 4.53. The molecule has 0 aliphatic carbocycles. The number of benzene rings is 3. The van der Waals surface area contributed by atoms with Crippen molar-refractivity contribution in [2.75, 3.05) is 36.4 Å². The van der Waals surface area contributed by atoms with Crippen LogP contribution in [0.5, 0.6) is 0 Å². The maximum atomic E-state index is 12.7. The third-order valence-corrected chi connectivity index (χ3v) is 6.19. The second-order valence-corrected chi connectivity index (χ2v) is 8.87. The average Bonchev–Trinajstić information content (AvgIpc) is 2.84. The molecule has 2 amide bonds. The Morgan fingerprint density at radius 1 is 0.912 bits per heavy atom. The predicted molar refractivity (Wildman–Crippen MR) is 141 cm³/mol. The van der Waals surface area contributed by atoms with Gasteiger partial charge in [0, 0.05) is 31.7 Å². The van der Waals surface area contributed by atoms with Crippen LogP contribution in [0.3, 0.4) is 0 Å². The average molecular weight is 493 g/mol. The number of rotatable bonds is 4. The summed E-state index contributed by atoms with van der Waals surface area (Å²) in [7, 11) is 0. The fraction of sp³-hybridized carbons (Fsp3) is 0.192. The first-order chi connectivity index (χ1) is 16.4. The number of carbonyl (C=O) groups is 2. The van der Waals surface area contributed by atoms with Gasteiger partial charge in [0.1, 0.15) is 0 Å². The first kappa shape index (κ1) is 23.7. The molecule has 0 unspecified atom stereocenters. The fourth-order valence-corrected chi connectivity index (χ4v) is 4.42. The van der Waals surface area contributed by atoms with Crippen molar-refractivity contribution in [3.63, 3.8) is 0 Å². The molecule has 0 radical (unpaired) electrons. The minimum atomic E-state index is -0.368. The number of para-hydroxylation sites is 2. The highest BCUT2D eigenvalue weighted by Crippen LogP contribution is 2.27. The van der Waals surface area contributed by atoms with E-state index in [9.17, 15) is 9.59 Å². The molecule has 34 heavy (non-hydrogen) atoms. The SMILES string of the molecule is Cc1ccc(C(=O)NC(=S)Nc2ccccc2N2CCN(C(=O)c3ccccc3)CC2)c(Cl)c1. The van der Waals surface area contributed by atoms with Crippen LogP contribution in [-0.2, 0) is 0 Å². The molecular formula is C26H25ClN4O2S. The maximum absolute atomic E-state index is 12.7. The smallest absolute Gasteiger partial charge is 0.258 e. The minimum Gasteiger partial charge on any atom is -0.366 e. The monoisotopic (exact) mass is 492 g/mol. The van der Waals surface area contributed by atoms with Crippen LogP contribution in [0.25, 0.3) is 0 Å². The molecular weight excluding hydrogens is 468 g/mol. The molecule has 3 aromatic carbocycles. The molecule has 1 fully saturated rings. The van der Waals surface area contributed by atoms with Crippen LogP contribution in [0.1, 0.15) is 26.3 Å². The van der Waals surface area contributed by atoms with Crippen molar-refractivity contribution >= 4 is 52.1 Å². The topological polar surface area (TPSA) is 64.7 Å². The van der Waals surface area contributed by atoms with Crippen LogP contribution < -0.4 is 15.5 Å². The molecule has 0 aromatic heterocycles. The van der Waals surface area contributed by atoms with Gasteiger partial charge < -0.3 is 15.1 Å². The van der Waals surface area contributed by atoms with E-state index >= 15 is 0 Å². The van der Waals surface area contributed by atoms with Gasteiger partial charge in [-0.05, 0) is 61.1 Å². The quantitative estimate of drug-likeness (QED) is 0.515. The number of thiocarbonyl (C=S) groups is 1. The number of aryl methyl sites for hydroxylation is 1. The van der Waals surface area contributed by atoms with Crippen LogP contribution >= 0.6 is 23.8 Å². The van der Waals surface area contributed by atoms with Crippen molar-refractivity contribution in [2.45, 2.75) is 6.92 Å². The van der Waals surface area contributed by atoms with Gasteiger partial charge in [-0.2, -0.15) is 0 Å². The molecule has 4 rings (SSSR count). The Morgan fingerprint density at radius 3 is 2.29 bits per heavy atom. The summed E-state index contributed by atoms with van der Waals surface area (Å²) in [6.07, 6.45) is 0. The summed E-state index contributed by atoms with van der Waals surface area (Å²) < 4.78 is 0. The number of amides is 2. The summed E-state index contributed by atoms with van der Waals surface area (Å²) in [5, 5.41) is 6.40. The first-order valence-electron chi connectivity index (χ1n) is 11.0. The van der Waals surface area contributed by atoms with Crippen molar-refractivity contribution < 1.29 is 9.59 Å². The summed E-state index contributed by atoms with van der Waals surface area (Å²) >= 11 is 11.6. The van der Waals surface area contributed by atoms with Gasteiger partial charge in [-0.3, -0.25) is 14.9 Å². The van der Waals surface area contributed by atoms with Gasteiger partial charge in [-0.15, -0.1) is 0 Å². The van der Waals surface area contributed by atoms with Crippen LogP contribution in [0.15, 0.2) is 72.8 Å². The Hall–Kier alpha value is -3.42. The molecule has 2 N–H and O–H groups in total. The number of hydrogen-bond acceptors (Lipinski definition) is 4. The Balaban J connectivity index is 1.39. The lowest BCUT2D eigenvalue weighted by molar-refractivity contribution is 0.0746. The maximum Gasteiger partial charge on any atom is 0.258 e. The van der Waals surface area contributed by atoms with Gasteiger partial charge in [0.15, 0.2) is 5.11 Å². The lowest BCUT2D eigenvalue weighted by atomic mass is 10.1. The predicted octanol–water partition coefficient (Wildman–Crippen LogP) is 4.74. The van der Waals surface area contributed by atoms with E-state index in [1.54, 1.807) is 12.1 Å². The summed E-state index contributed by atoms with van der Waals surface area (Å²) in [5.74, 6) is -0.321. The largest absolute Gasteiger partial charge is 0.366 e. The molecule has 3 aromatic rings. The zero-order valence-corrected chi connectivity index (χ0v) is 20.3. The summed E-state index contributed by atoms with van der Waals surface area (Å²) in [5.41, 5.74) is 3.78. The van der Waals surface area contributed by atoms with Crippen molar-refractivity contribution in [2.24, 2.45) is 0 Å². The van der Waals surface area contributed by atoms with Crippen molar-refractivity contribution in [1.82, 2.24) is 10.2 Å². The molecule has 6 nitrogen and oxygen atoms in total. The number of piperazine rings is 1. The molecule has 0 bridgehead atoms. The number of anilines is 2. The number of hydrogen-bond donors (Lipinski definition) is 2. The highest BCUT2D eigenvalue weighted by molar-refractivity contribution is 7.80. The molecule has 1 aliphatic rings. The second-order valence-electron chi connectivity index (χ2n) is 8.05. The normalized spacial score (nSPS) is 13.4. The molecule has 1 aliphatic heterocycles. The van der Waals surface area contributed by atoms with E-state index in [0.29, 0.717) is 42.3 Å². The van der Waals surface area contributed by atoms with Gasteiger partial charge >= 0.3 is 0 Å². The highest BCUT2D eigenvalue weighted by Gasteiger charge is 2.23. The zero-order chi connectivity index (χ0) is 24.1. The number of carbonyl (C=O) groups excluding carboxylic acids is 2. The summed E-state index contributed by atoms with van der Waals surface area (Å²) in [4.78, 5) is 29.4. The van der Waals surface area contributed by atoms with Crippen molar-refractivity contribution in [3.05, 3.63) is 94.5 Å². The van der Waals surface area contributed by atoms with Crippen molar-refractivity contribution in [3.8, 4) is 0 Å². The first-order valence-corrected chi connectivity index (χ1v) is 11.8. The molecule has 0 spiro atoms. The van der Waals surface area contributed by atoms with Gasteiger partial charge in [-0.25, -0.2) is 0 Å². The second kappa shape index (κ2) is 10.7. The van der Waals surface area contributed by atoms with Gasteiger partial charge in [0.05, 0.1) is 22.0 Å². The van der Waals surface area contributed by atoms with E-state index in [2.05, 4.69) is 15.5 Å². The van der Waals surface area contributed by atoms with Gasteiger partial charge in [0.25, 0.3) is 11.8 Å². The lowest BCUT2D eigenvalue weighted by Crippen LogP contribution is -2.49. The number of halogens is 1. The van der Waals surface area contributed by atoms with E-state index in [-0.39, 0.29) is 16.9 Å². The molecule has 0 atom stereocenters. The molecule has 1 saturated heterocycles. The third kappa shape index (κ3) is 5.55. The fourth-order valence-electron chi connectivity index (χ4n) is 3.90. The molecule has 174 valence electrons. The van der Waals surface area contributed by atoms with Crippen molar-refractivity contribution in [1.29, 1.82) is 0 Å². The molecule has 1 heterocycles. The molecule has 0 saturated carbocycles. The van der Waals surface area contributed by atoms with Gasteiger partial charge in [0.2, 0.25) is 0 Å². The Labute approximate surface area is 209 Å². The number of nitrogens with one attached hydrogen (secondary N) is 2. The van der Waals surface area contributed by atoms with Crippen LogP contribution in [0.2, 0.25) is 5.02 Å². The highest BCUT2D eigenvalue weighted by atomic mass is 35.5. The van der Waals surface area contributed by atoms with Crippen LogP contribution in [-0.4, -0.2) is 48.0 Å². The van der Waals surface area contributed by atoms with Crippen LogP contribution in [0, 0.1) is 6.92 Å². The minimum absolute atomic E-state index is 0.0466. The Bertz CT molecular complexity index is 1210. The van der Waals surface area contributed by atoms with Crippen LogP contribution in [0.4, 0.5) is 11.4 Å². The molecule has 8 heteroatoms. The number of nitrogens with zero attached hydrogens (tertiary/aromatic N) is 2. The summed E-state index contributed by atoms with van der Waals surface area (Å²) in [6, 6.07) is 22.4.